The van der Waals surface area contributed by atoms with Gasteiger partial charge in [0.15, 0.2) is 12.3 Å². The number of fused-ring (bicyclic) bond motifs is 1. The van der Waals surface area contributed by atoms with Gasteiger partial charge in [-0.15, -0.1) is 0 Å². The number of nitrogens with zero attached hydrogens (tertiary/aromatic N) is 6. The topological polar surface area (TPSA) is 149 Å². The molecule has 0 aliphatic carbocycles. The number of aliphatic hydroxyl groups is 1. The van der Waals surface area contributed by atoms with Crippen LogP contribution in [0.25, 0.3) is 5.52 Å². The number of rotatable bonds is 6. The number of ether oxygens (including phenoxy) is 1. The van der Waals surface area contributed by atoms with Gasteiger partial charge in [-0.2, -0.15) is 15.5 Å². The van der Waals surface area contributed by atoms with E-state index < -0.39 is 18.5 Å². The highest BCUT2D eigenvalue weighted by Gasteiger charge is 2.20. The Morgan fingerprint density at radius 3 is 2.68 bits per heavy atom. The lowest BCUT2D eigenvalue weighted by molar-refractivity contribution is 0.114. The van der Waals surface area contributed by atoms with E-state index in [-0.39, 0.29) is 17.2 Å². The molecular weight excluding hydrogens is 511 g/mol. The SMILES string of the molecule is CC.CC(=N)/C(=N\N)c1cc(OC(CO)c2ccc(F)cn2)c2c(Cl)cnn2c1.CC1CCCN(C#N)C1. The van der Waals surface area contributed by atoms with Gasteiger partial charge in [0, 0.05) is 24.8 Å². The number of hydrogen-bond acceptors (Lipinski definition) is 9. The molecule has 0 amide bonds. The van der Waals surface area contributed by atoms with Crippen LogP contribution in [0.5, 0.6) is 5.75 Å². The zero-order valence-corrected chi connectivity index (χ0v) is 22.8. The molecule has 3 aromatic rings. The number of aliphatic hydroxyl groups excluding tert-OH is 1. The lowest BCUT2D eigenvalue weighted by Crippen LogP contribution is -2.29. The molecule has 4 rings (SSSR count). The average molecular weight is 545 g/mol. The molecule has 2 atom stereocenters. The van der Waals surface area contributed by atoms with Crippen LogP contribution in [0.4, 0.5) is 4.39 Å². The molecule has 38 heavy (non-hydrogen) atoms. The molecule has 1 saturated heterocycles. The van der Waals surface area contributed by atoms with Crippen molar-refractivity contribution in [3.63, 3.8) is 0 Å². The Kier molecular flexibility index (Phi) is 11.9. The molecule has 10 nitrogen and oxygen atoms in total. The van der Waals surface area contributed by atoms with Crippen molar-refractivity contribution >= 4 is 28.5 Å². The fourth-order valence-corrected chi connectivity index (χ4v) is 4.08. The highest BCUT2D eigenvalue weighted by Crippen LogP contribution is 2.32. The molecule has 12 heteroatoms. The van der Waals surface area contributed by atoms with Crippen LogP contribution in [0.1, 0.15) is 57.9 Å². The average Bonchev–Trinajstić information content (AvgIpc) is 3.30. The fraction of sp³-hybridized carbons (Fsp3) is 0.423. The summed E-state index contributed by atoms with van der Waals surface area (Å²) in [6.45, 7) is 9.29. The predicted molar refractivity (Wildman–Crippen MR) is 146 cm³/mol. The van der Waals surface area contributed by atoms with E-state index in [1.165, 1.54) is 35.7 Å². The van der Waals surface area contributed by atoms with Gasteiger partial charge >= 0.3 is 0 Å². The second kappa shape index (κ2) is 14.9. The Hall–Kier alpha value is -3.75. The van der Waals surface area contributed by atoms with Crippen molar-refractivity contribution in [1.29, 1.82) is 10.7 Å². The lowest BCUT2D eigenvalue weighted by atomic mass is 10.0. The van der Waals surface area contributed by atoms with Gasteiger partial charge in [-0.3, -0.25) is 4.98 Å². The van der Waals surface area contributed by atoms with Crippen LogP contribution in [-0.4, -0.2) is 55.7 Å². The summed E-state index contributed by atoms with van der Waals surface area (Å²) in [5.41, 5.74) is 1.68. The van der Waals surface area contributed by atoms with Crippen LogP contribution in [0.3, 0.4) is 0 Å². The second-order valence-corrected chi connectivity index (χ2v) is 8.87. The molecule has 204 valence electrons. The number of nitrogens with one attached hydrogen (secondary N) is 1. The Balaban J connectivity index is 0.000000387. The first-order chi connectivity index (χ1) is 18.3. The van der Waals surface area contributed by atoms with Gasteiger partial charge in [-0.1, -0.05) is 32.4 Å². The summed E-state index contributed by atoms with van der Waals surface area (Å²) in [6.07, 6.45) is 7.87. The summed E-state index contributed by atoms with van der Waals surface area (Å²) in [4.78, 5) is 5.79. The summed E-state index contributed by atoms with van der Waals surface area (Å²) < 4.78 is 20.5. The standard InChI is InChI=1S/C17H16ClFN6O2.C7H12N2.C2H6/c1-9(20)16(24-21)10-4-14(17-12(18)6-23-25(17)7-10)27-15(8-26)13-3-2-11(19)5-22-13;1-7-3-2-4-9(5-7)6-8;1-2/h2-7,15,20,26H,8,21H2,1H3;7H,2-5H2,1H3;1-2H3/b20-9?,24-16+;;. The largest absolute Gasteiger partial charge is 0.479 e. The minimum Gasteiger partial charge on any atom is -0.479 e. The number of likely N-dealkylation sites (tertiary alicyclic amines) is 1. The van der Waals surface area contributed by atoms with E-state index in [2.05, 4.69) is 28.3 Å². The van der Waals surface area contributed by atoms with Gasteiger partial charge in [0.25, 0.3) is 0 Å². The van der Waals surface area contributed by atoms with Crippen LogP contribution in [0.2, 0.25) is 5.02 Å². The molecule has 1 aliphatic rings. The maximum atomic E-state index is 13.1. The van der Waals surface area contributed by atoms with E-state index in [0.29, 0.717) is 21.8 Å². The third kappa shape index (κ3) is 7.87. The number of nitriles is 1. The van der Waals surface area contributed by atoms with Gasteiger partial charge in [0.2, 0.25) is 0 Å². The number of aromatic nitrogens is 3. The van der Waals surface area contributed by atoms with Crippen molar-refractivity contribution in [2.45, 2.75) is 46.6 Å². The molecule has 0 saturated carbocycles. The minimum absolute atomic E-state index is 0.153. The van der Waals surface area contributed by atoms with Crippen LogP contribution >= 0.6 is 11.6 Å². The van der Waals surface area contributed by atoms with Gasteiger partial charge in [-0.25, -0.2) is 8.91 Å². The molecule has 0 bridgehead atoms. The van der Waals surface area contributed by atoms with E-state index in [9.17, 15) is 9.50 Å². The molecule has 1 aliphatic heterocycles. The zero-order chi connectivity index (χ0) is 28.2. The van der Waals surface area contributed by atoms with E-state index in [0.717, 1.165) is 25.2 Å². The smallest absolute Gasteiger partial charge is 0.179 e. The predicted octanol–water partition coefficient (Wildman–Crippen LogP) is 4.56. The van der Waals surface area contributed by atoms with Crippen LogP contribution in [0, 0.1) is 28.6 Å². The van der Waals surface area contributed by atoms with E-state index >= 15 is 0 Å². The number of nitrogens with two attached hydrogens (primary N) is 1. The lowest BCUT2D eigenvalue weighted by Gasteiger charge is -2.25. The summed E-state index contributed by atoms with van der Waals surface area (Å²) in [6, 6.07) is 4.24. The Morgan fingerprint density at radius 1 is 1.42 bits per heavy atom. The third-order valence-electron chi connectivity index (χ3n) is 5.60. The molecule has 0 aromatic carbocycles. The molecule has 4 N–H and O–H groups in total. The van der Waals surface area contributed by atoms with Crippen molar-refractivity contribution in [2.24, 2.45) is 16.9 Å². The summed E-state index contributed by atoms with van der Waals surface area (Å²) in [5, 5.41) is 34.1. The van der Waals surface area contributed by atoms with E-state index in [1.807, 2.05) is 18.7 Å². The highest BCUT2D eigenvalue weighted by molar-refractivity contribution is 6.46. The van der Waals surface area contributed by atoms with Gasteiger partial charge < -0.3 is 26.0 Å². The summed E-state index contributed by atoms with van der Waals surface area (Å²) in [7, 11) is 0. The number of hydrogen-bond donors (Lipinski definition) is 3. The monoisotopic (exact) mass is 544 g/mol. The van der Waals surface area contributed by atoms with Gasteiger partial charge in [-0.05, 0) is 43.9 Å². The Morgan fingerprint density at radius 2 is 2.16 bits per heavy atom. The molecule has 4 heterocycles. The number of halogens is 2. The number of pyridine rings is 2. The first-order valence-corrected chi connectivity index (χ1v) is 12.7. The van der Waals surface area contributed by atoms with Crippen molar-refractivity contribution in [1.82, 2.24) is 19.5 Å². The molecular formula is C26H34ClFN8O2. The van der Waals surface area contributed by atoms with Crippen molar-refractivity contribution in [2.75, 3.05) is 19.7 Å². The highest BCUT2D eigenvalue weighted by atomic mass is 35.5. The Bertz CT molecular complexity index is 1270. The van der Waals surface area contributed by atoms with E-state index in [4.69, 9.17) is 32.9 Å². The quantitative estimate of drug-likeness (QED) is 0.178. The molecule has 3 aromatic heterocycles. The summed E-state index contributed by atoms with van der Waals surface area (Å²) >= 11 is 6.21. The number of hydrazone groups is 1. The summed E-state index contributed by atoms with van der Waals surface area (Å²) in [5.74, 6) is 5.91. The Labute approximate surface area is 227 Å². The zero-order valence-electron chi connectivity index (χ0n) is 22.0. The first kappa shape index (κ1) is 30.5. The minimum atomic E-state index is -0.866. The molecule has 2 unspecified atom stereocenters. The first-order valence-electron chi connectivity index (χ1n) is 12.3. The van der Waals surface area contributed by atoms with Crippen molar-refractivity contribution in [3.05, 3.63) is 58.9 Å². The molecule has 1 fully saturated rings. The van der Waals surface area contributed by atoms with E-state index in [1.54, 1.807) is 19.2 Å². The molecule has 0 radical (unpaired) electrons. The molecule has 0 spiro atoms. The van der Waals surface area contributed by atoms with Crippen LogP contribution < -0.4 is 10.6 Å². The van der Waals surface area contributed by atoms with Gasteiger partial charge in [0.05, 0.1) is 35.4 Å². The maximum absolute atomic E-state index is 13.1. The normalized spacial score (nSPS) is 15.9. The van der Waals surface area contributed by atoms with Crippen LogP contribution in [-0.2, 0) is 0 Å². The number of piperidine rings is 1. The van der Waals surface area contributed by atoms with Crippen LogP contribution in [0.15, 0.2) is 41.9 Å². The third-order valence-corrected chi connectivity index (χ3v) is 5.88. The van der Waals surface area contributed by atoms with Crippen molar-refractivity contribution < 1.29 is 14.2 Å². The second-order valence-electron chi connectivity index (χ2n) is 8.47. The van der Waals surface area contributed by atoms with Crippen molar-refractivity contribution in [3.8, 4) is 11.9 Å². The van der Waals surface area contributed by atoms with Gasteiger partial charge in [0.1, 0.15) is 22.8 Å². The maximum Gasteiger partial charge on any atom is 0.179 e. The fourth-order valence-electron chi connectivity index (χ4n) is 3.86.